The molecular weight excluding hydrogens is 506 g/mol. The van der Waals surface area contributed by atoms with Crippen molar-refractivity contribution in [2.45, 2.75) is 38.4 Å². The molecule has 190 valence electrons. The van der Waals surface area contributed by atoms with Crippen LogP contribution in [0.15, 0.2) is 59.5 Å². The van der Waals surface area contributed by atoms with E-state index in [0.29, 0.717) is 10.6 Å². The van der Waals surface area contributed by atoms with E-state index in [4.69, 9.17) is 11.6 Å². The molecule has 2 aromatic carbocycles. The van der Waals surface area contributed by atoms with Crippen molar-refractivity contribution in [1.82, 2.24) is 23.9 Å². The number of benzene rings is 2. The summed E-state index contributed by atoms with van der Waals surface area (Å²) < 4.78 is 56.5. The maximum atomic E-state index is 14.4. The van der Waals surface area contributed by atoms with Gasteiger partial charge in [-0.25, -0.2) is 18.9 Å². The van der Waals surface area contributed by atoms with Crippen molar-refractivity contribution in [1.29, 1.82) is 0 Å². The van der Waals surface area contributed by atoms with Crippen molar-refractivity contribution in [3.8, 4) is 16.9 Å². The van der Waals surface area contributed by atoms with Gasteiger partial charge >= 0.3 is 11.9 Å². The smallest absolute Gasteiger partial charge is 0.385 e. The standard InChI is InChI=1S/C23H20ClF4N5O3/c1-13(34)21-29-20(30-33(21)17-5-3-2-4-16(17)25)12-31-10-18(14-6-8-15(24)9-7-14)32(22(31)36)11-19(35)23(26,27)28/h2-10,13,19,34-35H,11-12H2,1H3/t13-,19?/m0/s1. The fourth-order valence-corrected chi connectivity index (χ4v) is 3.73. The summed E-state index contributed by atoms with van der Waals surface area (Å²) in [5.74, 6) is -0.606. The van der Waals surface area contributed by atoms with Gasteiger partial charge in [0.25, 0.3) is 0 Å². The molecule has 1 unspecified atom stereocenters. The second kappa shape index (κ2) is 9.88. The molecule has 0 saturated carbocycles. The summed E-state index contributed by atoms with van der Waals surface area (Å²) in [6, 6.07) is 11.8. The third-order valence-electron chi connectivity index (χ3n) is 5.36. The molecule has 0 saturated heterocycles. The number of aliphatic hydroxyl groups excluding tert-OH is 2. The van der Waals surface area contributed by atoms with E-state index < -0.39 is 36.4 Å². The number of para-hydroxylation sites is 1. The number of alkyl halides is 3. The molecule has 0 amide bonds. The highest BCUT2D eigenvalue weighted by molar-refractivity contribution is 6.30. The fourth-order valence-electron chi connectivity index (χ4n) is 3.61. The van der Waals surface area contributed by atoms with Crippen molar-refractivity contribution in [3.05, 3.63) is 87.7 Å². The first-order valence-electron chi connectivity index (χ1n) is 10.6. The minimum absolute atomic E-state index is 0.00688. The van der Waals surface area contributed by atoms with Crippen molar-refractivity contribution in [2.75, 3.05) is 0 Å². The lowest BCUT2D eigenvalue weighted by atomic mass is 10.1. The molecule has 8 nitrogen and oxygen atoms in total. The summed E-state index contributed by atoms with van der Waals surface area (Å²) in [7, 11) is 0. The summed E-state index contributed by atoms with van der Waals surface area (Å²) in [6.07, 6.45) is -7.55. The van der Waals surface area contributed by atoms with Crippen LogP contribution in [0.25, 0.3) is 16.9 Å². The van der Waals surface area contributed by atoms with Gasteiger partial charge in [0.2, 0.25) is 0 Å². The summed E-state index contributed by atoms with van der Waals surface area (Å²) in [6.45, 7) is 0.0734. The highest BCUT2D eigenvalue weighted by atomic mass is 35.5. The number of imidazole rings is 1. The number of halogens is 5. The lowest BCUT2D eigenvalue weighted by Crippen LogP contribution is -2.37. The number of aromatic nitrogens is 5. The number of nitrogens with zero attached hydrogens (tertiary/aromatic N) is 5. The van der Waals surface area contributed by atoms with E-state index in [0.717, 1.165) is 13.8 Å². The molecule has 2 aromatic heterocycles. The molecule has 4 aromatic rings. The topological polar surface area (TPSA) is 98.1 Å². The van der Waals surface area contributed by atoms with Crippen molar-refractivity contribution in [2.24, 2.45) is 0 Å². The predicted molar refractivity (Wildman–Crippen MR) is 122 cm³/mol. The number of hydrogen-bond donors (Lipinski definition) is 2. The SMILES string of the molecule is C[C@H](O)c1nc(Cn2cc(-c3ccc(Cl)cc3)n(CC(O)C(F)(F)F)c2=O)nn1-c1ccccc1F. The van der Waals surface area contributed by atoms with Crippen molar-refractivity contribution >= 4 is 11.6 Å². The van der Waals surface area contributed by atoms with Crippen LogP contribution in [-0.4, -0.2) is 46.4 Å². The lowest BCUT2D eigenvalue weighted by Gasteiger charge is -2.16. The van der Waals surface area contributed by atoms with Gasteiger partial charge in [-0.2, -0.15) is 13.2 Å². The molecule has 2 atom stereocenters. The Morgan fingerprint density at radius 3 is 2.36 bits per heavy atom. The third kappa shape index (κ3) is 5.20. The van der Waals surface area contributed by atoms with Gasteiger partial charge < -0.3 is 10.2 Å². The quantitative estimate of drug-likeness (QED) is 0.358. The molecule has 0 spiro atoms. The van der Waals surface area contributed by atoms with Crippen LogP contribution in [0.3, 0.4) is 0 Å². The largest absolute Gasteiger partial charge is 0.416 e. The maximum absolute atomic E-state index is 14.4. The molecule has 2 heterocycles. The van der Waals surface area contributed by atoms with Crippen LogP contribution < -0.4 is 5.69 Å². The molecule has 0 fully saturated rings. The first-order chi connectivity index (χ1) is 17.0. The maximum Gasteiger partial charge on any atom is 0.416 e. The van der Waals surface area contributed by atoms with E-state index in [2.05, 4.69) is 10.1 Å². The number of hydrogen-bond acceptors (Lipinski definition) is 5. The van der Waals surface area contributed by atoms with E-state index in [-0.39, 0.29) is 29.6 Å². The van der Waals surface area contributed by atoms with Gasteiger partial charge in [0.1, 0.15) is 17.6 Å². The van der Waals surface area contributed by atoms with Crippen LogP contribution in [0, 0.1) is 5.82 Å². The zero-order valence-electron chi connectivity index (χ0n) is 18.7. The van der Waals surface area contributed by atoms with Gasteiger partial charge in [-0.3, -0.25) is 9.13 Å². The van der Waals surface area contributed by atoms with E-state index in [1.165, 1.54) is 55.6 Å². The van der Waals surface area contributed by atoms with Gasteiger partial charge in [-0.15, -0.1) is 5.10 Å². The molecule has 0 aliphatic carbocycles. The molecule has 0 aliphatic heterocycles. The zero-order valence-corrected chi connectivity index (χ0v) is 19.4. The Balaban J connectivity index is 1.78. The van der Waals surface area contributed by atoms with E-state index in [1.54, 1.807) is 6.07 Å². The highest BCUT2D eigenvalue weighted by Crippen LogP contribution is 2.25. The Morgan fingerprint density at radius 1 is 1.08 bits per heavy atom. The summed E-state index contributed by atoms with van der Waals surface area (Å²) >= 11 is 5.90. The average Bonchev–Trinajstić information content (AvgIpc) is 3.36. The predicted octanol–water partition coefficient (Wildman–Crippen LogP) is 3.71. The van der Waals surface area contributed by atoms with Crippen LogP contribution in [0.4, 0.5) is 17.6 Å². The minimum atomic E-state index is -4.94. The Bertz CT molecular complexity index is 1430. The Labute approximate surface area is 206 Å². The van der Waals surface area contributed by atoms with Crippen LogP contribution in [0.5, 0.6) is 0 Å². The van der Waals surface area contributed by atoms with Crippen LogP contribution >= 0.6 is 11.6 Å². The average molecular weight is 526 g/mol. The Hall–Kier alpha value is -3.48. The first kappa shape index (κ1) is 25.6. The van der Waals surface area contributed by atoms with Crippen molar-refractivity contribution in [3.63, 3.8) is 0 Å². The van der Waals surface area contributed by atoms with Crippen LogP contribution in [-0.2, 0) is 13.1 Å². The normalized spacial score (nSPS) is 13.7. The van der Waals surface area contributed by atoms with Crippen molar-refractivity contribution < 1.29 is 27.8 Å². The molecule has 4 rings (SSSR count). The minimum Gasteiger partial charge on any atom is -0.385 e. The molecule has 0 bridgehead atoms. The van der Waals surface area contributed by atoms with E-state index in [1.807, 2.05) is 0 Å². The summed E-state index contributed by atoms with van der Waals surface area (Å²) in [5.41, 5.74) is -0.347. The molecule has 0 aliphatic rings. The fraction of sp³-hybridized carbons (Fsp3) is 0.261. The van der Waals surface area contributed by atoms with Gasteiger partial charge in [0.15, 0.2) is 17.8 Å². The molecule has 2 N–H and O–H groups in total. The van der Waals surface area contributed by atoms with E-state index in [9.17, 15) is 32.6 Å². The second-order valence-corrected chi connectivity index (χ2v) is 8.46. The molecule has 36 heavy (non-hydrogen) atoms. The molecule has 13 heteroatoms. The first-order valence-corrected chi connectivity index (χ1v) is 11.0. The number of rotatable bonds is 7. The Morgan fingerprint density at radius 2 is 1.75 bits per heavy atom. The van der Waals surface area contributed by atoms with Gasteiger partial charge in [0, 0.05) is 11.2 Å². The molecule has 0 radical (unpaired) electrons. The monoisotopic (exact) mass is 525 g/mol. The second-order valence-electron chi connectivity index (χ2n) is 8.03. The summed E-state index contributed by atoms with van der Waals surface area (Å²) in [4.78, 5) is 17.3. The van der Waals surface area contributed by atoms with Gasteiger partial charge in [0.05, 0.1) is 18.8 Å². The zero-order chi connectivity index (χ0) is 26.2. The lowest BCUT2D eigenvalue weighted by molar-refractivity contribution is -0.207. The van der Waals surface area contributed by atoms with Crippen LogP contribution in [0.2, 0.25) is 5.02 Å². The summed E-state index contributed by atoms with van der Waals surface area (Å²) in [5, 5.41) is 24.3. The van der Waals surface area contributed by atoms with Gasteiger partial charge in [-0.1, -0.05) is 35.9 Å². The third-order valence-corrected chi connectivity index (χ3v) is 5.61. The van der Waals surface area contributed by atoms with Crippen LogP contribution in [0.1, 0.15) is 24.7 Å². The molecular formula is C23H20ClF4N5O3. The Kier molecular flexibility index (Phi) is 7.03. The van der Waals surface area contributed by atoms with E-state index >= 15 is 0 Å². The van der Waals surface area contributed by atoms with Gasteiger partial charge in [-0.05, 0) is 36.8 Å². The highest BCUT2D eigenvalue weighted by Gasteiger charge is 2.39. The number of aliphatic hydroxyl groups is 2.